The lowest BCUT2D eigenvalue weighted by atomic mass is 9.84. The lowest BCUT2D eigenvalue weighted by Gasteiger charge is -2.37. The molecule has 1 aromatic rings. The van der Waals surface area contributed by atoms with Crippen LogP contribution in [0.15, 0.2) is 24.3 Å². The van der Waals surface area contributed by atoms with Crippen molar-refractivity contribution in [3.63, 3.8) is 0 Å². The Kier molecular flexibility index (Phi) is 4.66. The van der Waals surface area contributed by atoms with E-state index in [1.807, 2.05) is 4.90 Å². The first kappa shape index (κ1) is 17.8. The highest BCUT2D eigenvalue weighted by atomic mass is 19.4. The second-order valence-electron chi connectivity index (χ2n) is 7.23. The summed E-state index contributed by atoms with van der Waals surface area (Å²) in [5.41, 5.74) is 6.59. The van der Waals surface area contributed by atoms with Crippen molar-refractivity contribution in [1.29, 1.82) is 0 Å². The number of benzene rings is 1. The van der Waals surface area contributed by atoms with Crippen LogP contribution < -0.4 is 10.9 Å². The number of fused-ring (bicyclic) bond motifs is 1. The van der Waals surface area contributed by atoms with Gasteiger partial charge in [-0.05, 0) is 37.0 Å². The number of carbonyl (C=O) groups excluding carboxylic acids is 1. The zero-order chi connectivity index (χ0) is 18.3. The van der Waals surface area contributed by atoms with Crippen molar-refractivity contribution in [3.8, 4) is 0 Å². The van der Waals surface area contributed by atoms with Gasteiger partial charge in [0, 0.05) is 31.7 Å². The molecule has 3 aliphatic heterocycles. The van der Waals surface area contributed by atoms with Gasteiger partial charge in [0.2, 0.25) is 0 Å². The van der Waals surface area contributed by atoms with E-state index in [2.05, 4.69) is 10.9 Å². The van der Waals surface area contributed by atoms with Gasteiger partial charge in [-0.1, -0.05) is 12.1 Å². The number of nitrogens with zero attached hydrogens (tertiary/aromatic N) is 1. The van der Waals surface area contributed by atoms with E-state index in [4.69, 9.17) is 4.74 Å². The van der Waals surface area contributed by atoms with Gasteiger partial charge in [-0.25, -0.2) is 5.43 Å². The first-order valence-electron chi connectivity index (χ1n) is 9.02. The normalized spacial score (nSPS) is 31.9. The third kappa shape index (κ3) is 3.33. The molecule has 142 valence electrons. The van der Waals surface area contributed by atoms with E-state index in [-0.39, 0.29) is 30.0 Å². The molecule has 4 atom stereocenters. The van der Waals surface area contributed by atoms with Gasteiger partial charge in [0.25, 0.3) is 5.91 Å². The van der Waals surface area contributed by atoms with Gasteiger partial charge in [-0.15, -0.1) is 0 Å². The molecule has 1 aromatic carbocycles. The molecule has 8 heteroatoms. The monoisotopic (exact) mass is 369 g/mol. The van der Waals surface area contributed by atoms with Crippen molar-refractivity contribution in [3.05, 3.63) is 35.4 Å². The predicted molar refractivity (Wildman–Crippen MR) is 87.9 cm³/mol. The van der Waals surface area contributed by atoms with Gasteiger partial charge in [0.05, 0.1) is 11.6 Å². The number of carbonyl (C=O) groups is 1. The SMILES string of the molecule is O=C(C1CCCO1)N1CCC2NNC(c3ccc(C(F)(F)F)cc3)C2C1. The number of likely N-dealkylation sites (tertiary alicyclic amines) is 1. The van der Waals surface area contributed by atoms with Crippen molar-refractivity contribution in [2.45, 2.75) is 43.6 Å². The number of hydrogen-bond donors (Lipinski definition) is 2. The molecule has 0 aromatic heterocycles. The van der Waals surface area contributed by atoms with Crippen molar-refractivity contribution in [2.24, 2.45) is 5.92 Å². The number of amides is 1. The van der Waals surface area contributed by atoms with Crippen molar-refractivity contribution < 1.29 is 22.7 Å². The molecule has 3 fully saturated rings. The Morgan fingerprint density at radius 2 is 1.92 bits per heavy atom. The topological polar surface area (TPSA) is 53.6 Å². The zero-order valence-corrected chi connectivity index (χ0v) is 14.3. The van der Waals surface area contributed by atoms with E-state index >= 15 is 0 Å². The zero-order valence-electron chi connectivity index (χ0n) is 14.3. The third-order valence-electron chi connectivity index (χ3n) is 5.62. The maximum Gasteiger partial charge on any atom is 0.416 e. The Morgan fingerprint density at radius 3 is 2.58 bits per heavy atom. The number of hydrogen-bond acceptors (Lipinski definition) is 4. The van der Waals surface area contributed by atoms with Gasteiger partial charge >= 0.3 is 6.18 Å². The average Bonchev–Trinajstić information content (AvgIpc) is 3.30. The van der Waals surface area contributed by atoms with Gasteiger partial charge < -0.3 is 9.64 Å². The van der Waals surface area contributed by atoms with Gasteiger partial charge in [0.15, 0.2) is 0 Å². The molecule has 3 saturated heterocycles. The van der Waals surface area contributed by atoms with Crippen LogP contribution in [0.2, 0.25) is 0 Å². The van der Waals surface area contributed by atoms with Crippen LogP contribution in [0.25, 0.3) is 0 Å². The van der Waals surface area contributed by atoms with Crippen LogP contribution in [0.1, 0.15) is 36.4 Å². The summed E-state index contributed by atoms with van der Waals surface area (Å²) in [5.74, 6) is 0.157. The van der Waals surface area contributed by atoms with Crippen molar-refractivity contribution >= 4 is 5.91 Å². The Labute approximate surface area is 149 Å². The van der Waals surface area contributed by atoms with E-state index < -0.39 is 11.7 Å². The fraction of sp³-hybridized carbons (Fsp3) is 0.611. The molecule has 26 heavy (non-hydrogen) atoms. The molecule has 1 amide bonds. The van der Waals surface area contributed by atoms with Crippen LogP contribution in [-0.2, 0) is 15.7 Å². The van der Waals surface area contributed by atoms with Crippen LogP contribution in [0.4, 0.5) is 13.2 Å². The Balaban J connectivity index is 1.47. The molecule has 0 radical (unpaired) electrons. The van der Waals surface area contributed by atoms with Crippen molar-refractivity contribution in [1.82, 2.24) is 15.8 Å². The first-order valence-corrected chi connectivity index (χ1v) is 9.02. The summed E-state index contributed by atoms with van der Waals surface area (Å²) >= 11 is 0. The fourth-order valence-electron chi connectivity index (χ4n) is 4.19. The predicted octanol–water partition coefficient (Wildman–Crippen LogP) is 2.25. The summed E-state index contributed by atoms with van der Waals surface area (Å²) in [7, 11) is 0. The van der Waals surface area contributed by atoms with Gasteiger partial charge in [0.1, 0.15) is 6.10 Å². The number of rotatable bonds is 2. The second-order valence-corrected chi connectivity index (χ2v) is 7.23. The summed E-state index contributed by atoms with van der Waals surface area (Å²) < 4.78 is 43.8. The highest BCUT2D eigenvalue weighted by Gasteiger charge is 2.43. The Bertz CT molecular complexity index is 659. The van der Waals surface area contributed by atoms with E-state index in [0.29, 0.717) is 19.7 Å². The molecular formula is C18H22F3N3O2. The van der Waals surface area contributed by atoms with Crippen LogP contribution in [0.5, 0.6) is 0 Å². The van der Waals surface area contributed by atoms with E-state index in [1.165, 1.54) is 12.1 Å². The van der Waals surface area contributed by atoms with E-state index in [0.717, 1.165) is 37.0 Å². The Hall–Kier alpha value is -1.64. The molecule has 5 nitrogen and oxygen atoms in total. The van der Waals surface area contributed by atoms with Crippen LogP contribution >= 0.6 is 0 Å². The lowest BCUT2D eigenvalue weighted by molar-refractivity contribution is -0.143. The molecule has 0 saturated carbocycles. The average molecular weight is 369 g/mol. The molecule has 4 rings (SSSR count). The molecule has 3 aliphatic rings. The molecule has 0 bridgehead atoms. The van der Waals surface area contributed by atoms with Gasteiger partial charge in [-0.3, -0.25) is 10.2 Å². The highest BCUT2D eigenvalue weighted by molar-refractivity contribution is 5.81. The minimum Gasteiger partial charge on any atom is -0.368 e. The molecule has 0 aliphatic carbocycles. The molecule has 0 spiro atoms. The van der Waals surface area contributed by atoms with E-state index in [9.17, 15) is 18.0 Å². The summed E-state index contributed by atoms with van der Waals surface area (Å²) in [6.45, 7) is 1.89. The summed E-state index contributed by atoms with van der Waals surface area (Å²) in [4.78, 5) is 14.5. The minimum absolute atomic E-state index is 0.0408. The smallest absolute Gasteiger partial charge is 0.368 e. The van der Waals surface area contributed by atoms with Crippen molar-refractivity contribution in [2.75, 3.05) is 19.7 Å². The van der Waals surface area contributed by atoms with Crippen LogP contribution in [-0.4, -0.2) is 42.6 Å². The second kappa shape index (κ2) is 6.83. The lowest BCUT2D eigenvalue weighted by Crippen LogP contribution is -2.50. The summed E-state index contributed by atoms with van der Waals surface area (Å²) in [6.07, 6.45) is -2.18. The molecule has 2 N–H and O–H groups in total. The van der Waals surface area contributed by atoms with Crippen LogP contribution in [0, 0.1) is 5.92 Å². The quantitative estimate of drug-likeness (QED) is 0.840. The maximum atomic E-state index is 12.8. The fourth-order valence-corrected chi connectivity index (χ4v) is 4.19. The largest absolute Gasteiger partial charge is 0.416 e. The van der Waals surface area contributed by atoms with E-state index in [1.54, 1.807) is 0 Å². The van der Waals surface area contributed by atoms with Crippen LogP contribution in [0.3, 0.4) is 0 Å². The summed E-state index contributed by atoms with van der Waals surface area (Å²) in [6, 6.07) is 5.35. The highest BCUT2D eigenvalue weighted by Crippen LogP contribution is 2.36. The number of ether oxygens (including phenoxy) is 1. The number of nitrogens with one attached hydrogen (secondary N) is 2. The molecule has 3 heterocycles. The molecular weight excluding hydrogens is 347 g/mol. The van der Waals surface area contributed by atoms with Gasteiger partial charge in [-0.2, -0.15) is 13.2 Å². The first-order chi connectivity index (χ1) is 12.4. The molecule has 4 unspecified atom stereocenters. The standard InChI is InChI=1S/C18H22F3N3O2/c19-18(20,21)12-5-3-11(4-6-12)16-13-10-24(8-7-14(13)22-23-16)17(25)15-2-1-9-26-15/h3-6,13-16,22-23H,1-2,7-10H2. The number of hydrazine groups is 1. The number of piperidine rings is 1. The number of alkyl halides is 3. The number of halogens is 3. The Morgan fingerprint density at radius 1 is 1.15 bits per heavy atom. The maximum absolute atomic E-state index is 12.8. The summed E-state index contributed by atoms with van der Waals surface area (Å²) in [5, 5.41) is 0. The third-order valence-corrected chi connectivity index (χ3v) is 5.62. The minimum atomic E-state index is -4.34.